The molecule has 1 aromatic heterocycles. The molecule has 0 saturated heterocycles. The molecule has 0 aliphatic heterocycles. The molecule has 0 unspecified atom stereocenters. The largest absolute Gasteiger partial charge is 0.478 e. The molecule has 1 N–H and O–H groups in total. The van der Waals surface area contributed by atoms with Crippen molar-refractivity contribution in [2.45, 2.75) is 52.5 Å². The number of ether oxygens (including phenoxy) is 1. The lowest BCUT2D eigenvalue weighted by molar-refractivity contribution is 0.293. The highest BCUT2D eigenvalue weighted by Crippen LogP contribution is 2.19. The van der Waals surface area contributed by atoms with Gasteiger partial charge in [-0.05, 0) is 31.0 Å². The minimum atomic E-state index is 0.430. The minimum absolute atomic E-state index is 0.430. The van der Waals surface area contributed by atoms with Crippen molar-refractivity contribution < 1.29 is 4.74 Å². The second-order valence-corrected chi connectivity index (χ2v) is 4.98. The van der Waals surface area contributed by atoms with Crippen molar-refractivity contribution in [1.29, 1.82) is 0 Å². The molecule has 0 atom stereocenters. The maximum absolute atomic E-state index is 5.75. The average molecular weight is 250 g/mol. The molecular formula is C15H26N2O. The van der Waals surface area contributed by atoms with Crippen molar-refractivity contribution >= 4 is 0 Å². The van der Waals surface area contributed by atoms with Crippen LogP contribution in [0.4, 0.5) is 0 Å². The summed E-state index contributed by atoms with van der Waals surface area (Å²) in [4.78, 5) is 4.56. The van der Waals surface area contributed by atoms with E-state index in [1.54, 1.807) is 0 Å². The van der Waals surface area contributed by atoms with Crippen LogP contribution in [0.15, 0.2) is 12.1 Å². The van der Waals surface area contributed by atoms with E-state index in [0.29, 0.717) is 5.92 Å². The maximum Gasteiger partial charge on any atom is 0.213 e. The Morgan fingerprint density at radius 2 is 2.06 bits per heavy atom. The van der Waals surface area contributed by atoms with Gasteiger partial charge < -0.3 is 10.1 Å². The van der Waals surface area contributed by atoms with Crippen molar-refractivity contribution in [2.75, 3.05) is 13.7 Å². The fourth-order valence-electron chi connectivity index (χ4n) is 1.79. The first-order chi connectivity index (χ1) is 8.67. The summed E-state index contributed by atoms with van der Waals surface area (Å²) in [6.45, 7) is 8.14. The molecule has 1 heterocycles. The van der Waals surface area contributed by atoms with Gasteiger partial charge in [0.05, 0.1) is 6.61 Å². The summed E-state index contributed by atoms with van der Waals surface area (Å²) in [5.41, 5.74) is 2.34. The van der Waals surface area contributed by atoms with Crippen LogP contribution in [0, 0.1) is 0 Å². The predicted octanol–water partition coefficient (Wildman–Crippen LogP) is 3.49. The Morgan fingerprint density at radius 1 is 1.28 bits per heavy atom. The summed E-state index contributed by atoms with van der Waals surface area (Å²) in [6.07, 6.45) is 3.53. The summed E-state index contributed by atoms with van der Waals surface area (Å²) in [5.74, 6) is 1.20. The molecule has 0 spiro atoms. The van der Waals surface area contributed by atoms with Gasteiger partial charge in [0, 0.05) is 18.3 Å². The van der Waals surface area contributed by atoms with Crippen molar-refractivity contribution in [1.82, 2.24) is 10.3 Å². The van der Waals surface area contributed by atoms with Gasteiger partial charge >= 0.3 is 0 Å². The molecular weight excluding hydrogens is 224 g/mol. The van der Waals surface area contributed by atoms with Gasteiger partial charge in [-0.1, -0.05) is 33.6 Å². The third-order valence-corrected chi connectivity index (χ3v) is 2.85. The van der Waals surface area contributed by atoms with Gasteiger partial charge in [0.25, 0.3) is 0 Å². The maximum atomic E-state index is 5.75. The van der Waals surface area contributed by atoms with E-state index in [4.69, 9.17) is 4.74 Å². The van der Waals surface area contributed by atoms with Crippen molar-refractivity contribution in [3.05, 3.63) is 23.4 Å². The quantitative estimate of drug-likeness (QED) is 0.717. The van der Waals surface area contributed by atoms with Crippen molar-refractivity contribution in [3.63, 3.8) is 0 Å². The molecule has 0 bridgehead atoms. The van der Waals surface area contributed by atoms with Gasteiger partial charge in [-0.15, -0.1) is 0 Å². The SMILES string of the molecule is CCCCCOc1cc(CNC)cc(C(C)C)n1. The highest BCUT2D eigenvalue weighted by molar-refractivity contribution is 5.26. The number of hydrogen-bond acceptors (Lipinski definition) is 3. The van der Waals surface area contributed by atoms with E-state index in [1.807, 2.05) is 13.1 Å². The standard InChI is InChI=1S/C15H26N2O/c1-5-6-7-8-18-15-10-13(11-16-4)9-14(17-15)12(2)3/h9-10,12,16H,5-8,11H2,1-4H3. The number of nitrogens with one attached hydrogen (secondary N) is 1. The van der Waals surface area contributed by atoms with E-state index in [1.165, 1.54) is 18.4 Å². The molecule has 3 nitrogen and oxygen atoms in total. The molecule has 0 radical (unpaired) electrons. The van der Waals surface area contributed by atoms with Crippen molar-refractivity contribution in [3.8, 4) is 5.88 Å². The van der Waals surface area contributed by atoms with Gasteiger partial charge in [-0.2, -0.15) is 0 Å². The van der Waals surface area contributed by atoms with E-state index in [2.05, 4.69) is 37.1 Å². The van der Waals surface area contributed by atoms with E-state index < -0.39 is 0 Å². The van der Waals surface area contributed by atoms with Crippen molar-refractivity contribution in [2.24, 2.45) is 0 Å². The first-order valence-electron chi connectivity index (χ1n) is 6.95. The zero-order valence-corrected chi connectivity index (χ0v) is 12.1. The normalized spacial score (nSPS) is 10.9. The number of unbranched alkanes of at least 4 members (excludes halogenated alkanes) is 2. The lowest BCUT2D eigenvalue weighted by Crippen LogP contribution is -2.08. The molecule has 0 aliphatic carbocycles. The predicted molar refractivity (Wildman–Crippen MR) is 76.1 cm³/mol. The van der Waals surface area contributed by atoms with Crippen LogP contribution in [0.5, 0.6) is 5.88 Å². The lowest BCUT2D eigenvalue weighted by Gasteiger charge is -2.12. The van der Waals surface area contributed by atoms with Crippen LogP contribution in [-0.4, -0.2) is 18.6 Å². The molecule has 0 aliphatic rings. The molecule has 0 fully saturated rings. The average Bonchev–Trinajstić information content (AvgIpc) is 2.35. The Hall–Kier alpha value is -1.09. The topological polar surface area (TPSA) is 34.1 Å². The zero-order chi connectivity index (χ0) is 13.4. The van der Waals surface area contributed by atoms with Crippen LogP contribution in [0.25, 0.3) is 0 Å². The van der Waals surface area contributed by atoms with E-state index in [9.17, 15) is 0 Å². The molecule has 0 saturated carbocycles. The number of rotatable bonds is 8. The Bertz CT molecular complexity index is 350. The Kier molecular flexibility index (Phi) is 6.73. The Morgan fingerprint density at radius 3 is 2.67 bits per heavy atom. The van der Waals surface area contributed by atoms with E-state index >= 15 is 0 Å². The summed E-state index contributed by atoms with van der Waals surface area (Å²) in [6, 6.07) is 4.19. The Balaban J connectivity index is 2.69. The third-order valence-electron chi connectivity index (χ3n) is 2.85. The fraction of sp³-hybridized carbons (Fsp3) is 0.667. The molecule has 0 amide bonds. The summed E-state index contributed by atoms with van der Waals surface area (Å²) >= 11 is 0. The highest BCUT2D eigenvalue weighted by atomic mass is 16.5. The van der Waals surface area contributed by atoms with Crippen LogP contribution in [0.1, 0.15) is 57.2 Å². The van der Waals surface area contributed by atoms with Gasteiger partial charge in [0.15, 0.2) is 0 Å². The van der Waals surface area contributed by atoms with Gasteiger partial charge in [0.2, 0.25) is 5.88 Å². The molecule has 1 rings (SSSR count). The Labute approximate surface area is 111 Å². The first-order valence-corrected chi connectivity index (χ1v) is 6.95. The van der Waals surface area contributed by atoms with Gasteiger partial charge in [-0.25, -0.2) is 4.98 Å². The second kappa shape index (κ2) is 8.09. The van der Waals surface area contributed by atoms with Crippen LogP contribution < -0.4 is 10.1 Å². The molecule has 18 heavy (non-hydrogen) atoms. The second-order valence-electron chi connectivity index (χ2n) is 4.98. The van der Waals surface area contributed by atoms with Crippen LogP contribution in [-0.2, 0) is 6.54 Å². The third kappa shape index (κ3) is 5.05. The fourth-order valence-corrected chi connectivity index (χ4v) is 1.79. The van der Waals surface area contributed by atoms with Crippen LogP contribution >= 0.6 is 0 Å². The van der Waals surface area contributed by atoms with Crippen LogP contribution in [0.3, 0.4) is 0 Å². The molecule has 102 valence electrons. The van der Waals surface area contributed by atoms with E-state index in [0.717, 1.165) is 31.1 Å². The number of nitrogens with zero attached hydrogens (tertiary/aromatic N) is 1. The minimum Gasteiger partial charge on any atom is -0.478 e. The molecule has 1 aromatic rings. The monoisotopic (exact) mass is 250 g/mol. The number of aromatic nitrogens is 1. The number of pyridine rings is 1. The molecule has 0 aromatic carbocycles. The summed E-state index contributed by atoms with van der Waals surface area (Å²) in [7, 11) is 1.96. The van der Waals surface area contributed by atoms with Gasteiger partial charge in [0.1, 0.15) is 0 Å². The van der Waals surface area contributed by atoms with E-state index in [-0.39, 0.29) is 0 Å². The summed E-state index contributed by atoms with van der Waals surface area (Å²) < 4.78 is 5.75. The van der Waals surface area contributed by atoms with Gasteiger partial charge in [-0.3, -0.25) is 0 Å². The van der Waals surface area contributed by atoms with Crippen LogP contribution in [0.2, 0.25) is 0 Å². The smallest absolute Gasteiger partial charge is 0.213 e. The highest BCUT2D eigenvalue weighted by Gasteiger charge is 2.06. The molecule has 3 heteroatoms. The zero-order valence-electron chi connectivity index (χ0n) is 12.1. The number of hydrogen-bond donors (Lipinski definition) is 1. The summed E-state index contributed by atoms with van der Waals surface area (Å²) in [5, 5.41) is 3.17. The first kappa shape index (κ1) is 15.0. The lowest BCUT2D eigenvalue weighted by atomic mass is 10.1.